The second-order valence-electron chi connectivity index (χ2n) is 6.20. The van der Waals surface area contributed by atoms with E-state index in [1.165, 1.54) is 0 Å². The molecule has 6 nitrogen and oxygen atoms in total. The number of nitrogens with one attached hydrogen (secondary N) is 2. The molecule has 0 saturated heterocycles. The summed E-state index contributed by atoms with van der Waals surface area (Å²) in [6.07, 6.45) is 2.11. The Morgan fingerprint density at radius 3 is 2.62 bits per heavy atom. The highest BCUT2D eigenvalue weighted by Crippen LogP contribution is 2.30. The van der Waals surface area contributed by atoms with Crippen molar-refractivity contribution in [1.29, 1.82) is 0 Å². The van der Waals surface area contributed by atoms with Crippen molar-refractivity contribution in [3.8, 4) is 5.75 Å². The standard InChI is InChI=1S/C20H23N3O3/c1-3-11-23-18-9-8-16(12-14(18)7-10-19(23)24)22-20(25)21-15-5-4-6-17(13-15)26-2/h4-6,8-9,12-13H,3,7,10-11H2,1-2H3,(H2,21,22,25). The van der Waals surface area contributed by atoms with Crippen LogP contribution in [0.5, 0.6) is 5.75 Å². The number of aryl methyl sites for hydroxylation is 1. The molecule has 1 aliphatic rings. The van der Waals surface area contributed by atoms with Crippen LogP contribution in [0.25, 0.3) is 0 Å². The fourth-order valence-electron chi connectivity index (χ4n) is 3.10. The van der Waals surface area contributed by atoms with E-state index in [9.17, 15) is 9.59 Å². The van der Waals surface area contributed by atoms with Gasteiger partial charge in [0, 0.05) is 36.1 Å². The number of rotatable bonds is 5. The summed E-state index contributed by atoms with van der Waals surface area (Å²) in [7, 11) is 1.58. The van der Waals surface area contributed by atoms with Gasteiger partial charge in [0.25, 0.3) is 0 Å². The third-order valence-electron chi connectivity index (χ3n) is 4.31. The van der Waals surface area contributed by atoms with Crippen molar-refractivity contribution >= 4 is 29.0 Å². The summed E-state index contributed by atoms with van der Waals surface area (Å²) in [5.41, 5.74) is 3.38. The first-order chi connectivity index (χ1) is 12.6. The molecule has 6 heteroatoms. The average molecular weight is 353 g/mol. The molecule has 0 atom stereocenters. The van der Waals surface area contributed by atoms with Crippen molar-refractivity contribution in [2.45, 2.75) is 26.2 Å². The van der Waals surface area contributed by atoms with Gasteiger partial charge in [-0.3, -0.25) is 4.79 Å². The largest absolute Gasteiger partial charge is 0.497 e. The lowest BCUT2D eigenvalue weighted by Gasteiger charge is -2.29. The normalized spacial score (nSPS) is 13.2. The summed E-state index contributed by atoms with van der Waals surface area (Å²) in [5, 5.41) is 5.63. The van der Waals surface area contributed by atoms with E-state index in [-0.39, 0.29) is 11.9 Å². The predicted molar refractivity (Wildman–Crippen MR) is 103 cm³/mol. The highest BCUT2D eigenvalue weighted by atomic mass is 16.5. The van der Waals surface area contributed by atoms with Crippen molar-refractivity contribution in [3.05, 3.63) is 48.0 Å². The van der Waals surface area contributed by atoms with Crippen LogP contribution in [0.15, 0.2) is 42.5 Å². The molecule has 2 aromatic rings. The highest BCUT2D eigenvalue weighted by Gasteiger charge is 2.23. The van der Waals surface area contributed by atoms with Gasteiger partial charge < -0.3 is 20.3 Å². The Balaban J connectivity index is 1.70. The van der Waals surface area contributed by atoms with Gasteiger partial charge in [0.15, 0.2) is 0 Å². The van der Waals surface area contributed by atoms with Gasteiger partial charge in [0.1, 0.15) is 5.75 Å². The van der Waals surface area contributed by atoms with Crippen LogP contribution in [-0.4, -0.2) is 25.6 Å². The number of hydrogen-bond donors (Lipinski definition) is 2. The topological polar surface area (TPSA) is 70.7 Å². The number of fused-ring (bicyclic) bond motifs is 1. The Bertz CT molecular complexity index is 820. The number of benzene rings is 2. The summed E-state index contributed by atoms with van der Waals surface area (Å²) in [4.78, 5) is 26.2. The van der Waals surface area contributed by atoms with E-state index in [2.05, 4.69) is 17.6 Å². The molecule has 3 amide bonds. The Labute approximate surface area is 153 Å². The Morgan fingerprint density at radius 1 is 1.12 bits per heavy atom. The molecule has 0 aliphatic carbocycles. The van der Waals surface area contributed by atoms with Crippen molar-refractivity contribution in [3.63, 3.8) is 0 Å². The molecule has 3 rings (SSSR count). The van der Waals surface area contributed by atoms with Gasteiger partial charge in [-0.15, -0.1) is 0 Å². The smallest absolute Gasteiger partial charge is 0.323 e. The molecule has 136 valence electrons. The SMILES string of the molecule is CCCN1C(=O)CCc2cc(NC(=O)Nc3cccc(OC)c3)ccc21. The number of hydrogen-bond acceptors (Lipinski definition) is 3. The van der Waals surface area contributed by atoms with E-state index in [0.29, 0.717) is 30.0 Å². The Hall–Kier alpha value is -3.02. The van der Waals surface area contributed by atoms with Crippen LogP contribution in [-0.2, 0) is 11.2 Å². The molecule has 2 aromatic carbocycles. The number of methoxy groups -OCH3 is 1. The molecule has 0 radical (unpaired) electrons. The van der Waals surface area contributed by atoms with Gasteiger partial charge in [-0.1, -0.05) is 13.0 Å². The minimum Gasteiger partial charge on any atom is -0.497 e. The van der Waals surface area contributed by atoms with Crippen molar-refractivity contribution < 1.29 is 14.3 Å². The number of ether oxygens (including phenoxy) is 1. The molecule has 0 unspecified atom stereocenters. The van der Waals surface area contributed by atoms with Gasteiger partial charge in [0.05, 0.1) is 7.11 Å². The van der Waals surface area contributed by atoms with Crippen LogP contribution in [0, 0.1) is 0 Å². The maximum absolute atomic E-state index is 12.2. The minimum atomic E-state index is -0.324. The highest BCUT2D eigenvalue weighted by molar-refractivity contribution is 6.01. The van der Waals surface area contributed by atoms with Gasteiger partial charge in [-0.05, 0) is 48.7 Å². The molecule has 0 saturated carbocycles. The van der Waals surface area contributed by atoms with E-state index in [4.69, 9.17) is 4.74 Å². The quantitative estimate of drug-likeness (QED) is 0.852. The zero-order chi connectivity index (χ0) is 18.5. The van der Waals surface area contributed by atoms with Crippen LogP contribution in [0.3, 0.4) is 0 Å². The van der Waals surface area contributed by atoms with E-state index >= 15 is 0 Å². The average Bonchev–Trinajstić information content (AvgIpc) is 2.64. The molecule has 0 bridgehead atoms. The zero-order valence-corrected chi connectivity index (χ0v) is 15.0. The van der Waals surface area contributed by atoms with Crippen LogP contribution in [0.4, 0.5) is 21.9 Å². The number of nitrogens with zero attached hydrogens (tertiary/aromatic N) is 1. The molecule has 2 N–H and O–H groups in total. The Kier molecular flexibility index (Phi) is 5.41. The number of anilines is 3. The molecule has 0 aromatic heterocycles. The molecule has 26 heavy (non-hydrogen) atoms. The first kappa shape index (κ1) is 17.8. The van der Waals surface area contributed by atoms with Crippen LogP contribution >= 0.6 is 0 Å². The fraction of sp³-hybridized carbons (Fsp3) is 0.300. The molecular formula is C20H23N3O3. The maximum Gasteiger partial charge on any atom is 0.323 e. The van der Waals surface area contributed by atoms with Crippen LogP contribution < -0.4 is 20.3 Å². The third kappa shape index (κ3) is 3.96. The molecule has 0 spiro atoms. The number of carbonyl (C=O) groups is 2. The van der Waals surface area contributed by atoms with E-state index in [1.807, 2.05) is 35.2 Å². The van der Waals surface area contributed by atoms with Gasteiger partial charge in [0.2, 0.25) is 5.91 Å². The van der Waals surface area contributed by atoms with Gasteiger partial charge in [-0.2, -0.15) is 0 Å². The van der Waals surface area contributed by atoms with Crippen molar-refractivity contribution in [2.24, 2.45) is 0 Å². The summed E-state index contributed by atoms with van der Waals surface area (Å²) in [5.74, 6) is 0.841. The molecule has 0 fully saturated rings. The second kappa shape index (κ2) is 7.91. The number of urea groups is 1. The van der Waals surface area contributed by atoms with E-state index < -0.39 is 0 Å². The van der Waals surface area contributed by atoms with Crippen molar-refractivity contribution in [2.75, 3.05) is 29.2 Å². The van der Waals surface area contributed by atoms with Crippen molar-refractivity contribution in [1.82, 2.24) is 0 Å². The monoisotopic (exact) mass is 353 g/mol. The van der Waals surface area contributed by atoms with Crippen LogP contribution in [0.2, 0.25) is 0 Å². The summed E-state index contributed by atoms with van der Waals surface area (Å²) < 4.78 is 5.15. The fourth-order valence-corrected chi connectivity index (χ4v) is 3.10. The first-order valence-electron chi connectivity index (χ1n) is 8.76. The predicted octanol–water partition coefficient (Wildman–Crippen LogP) is 4.03. The lowest BCUT2D eigenvalue weighted by atomic mass is 10.00. The van der Waals surface area contributed by atoms with Gasteiger partial charge >= 0.3 is 6.03 Å². The van der Waals surface area contributed by atoms with E-state index in [1.54, 1.807) is 19.2 Å². The molecular weight excluding hydrogens is 330 g/mol. The summed E-state index contributed by atoms with van der Waals surface area (Å²) >= 11 is 0. The summed E-state index contributed by atoms with van der Waals surface area (Å²) in [6, 6.07) is 12.5. The maximum atomic E-state index is 12.2. The van der Waals surface area contributed by atoms with Crippen LogP contribution in [0.1, 0.15) is 25.3 Å². The first-order valence-corrected chi connectivity index (χ1v) is 8.76. The molecule has 1 aliphatic heterocycles. The Morgan fingerprint density at radius 2 is 1.88 bits per heavy atom. The lowest BCUT2D eigenvalue weighted by molar-refractivity contribution is -0.118. The van der Waals surface area contributed by atoms with Gasteiger partial charge in [-0.25, -0.2) is 4.79 Å². The lowest BCUT2D eigenvalue weighted by Crippen LogP contribution is -2.35. The summed E-state index contributed by atoms with van der Waals surface area (Å²) in [6.45, 7) is 2.77. The molecule has 1 heterocycles. The van der Waals surface area contributed by atoms with E-state index in [0.717, 1.165) is 24.2 Å². The third-order valence-corrected chi connectivity index (χ3v) is 4.31. The number of carbonyl (C=O) groups excluding carboxylic acids is 2. The number of amides is 3. The minimum absolute atomic E-state index is 0.163. The second-order valence-corrected chi connectivity index (χ2v) is 6.20. The zero-order valence-electron chi connectivity index (χ0n) is 15.0.